The minimum absolute atomic E-state index is 0.178. The highest BCUT2D eigenvalue weighted by atomic mass is 16.5. The lowest BCUT2D eigenvalue weighted by Gasteiger charge is -2.05. The van der Waals surface area contributed by atoms with Gasteiger partial charge in [-0.05, 0) is 36.8 Å². The van der Waals surface area contributed by atoms with Crippen LogP contribution in [0.3, 0.4) is 0 Å². The predicted molar refractivity (Wildman–Crippen MR) is 86.7 cm³/mol. The van der Waals surface area contributed by atoms with E-state index in [-0.39, 0.29) is 5.56 Å². The first-order chi connectivity index (χ1) is 10.7. The SMILES string of the molecule is COc1cccc(C=Nn2c(C)nc3ccccc3c2=O)c1. The van der Waals surface area contributed by atoms with Gasteiger partial charge in [0.25, 0.3) is 5.56 Å². The van der Waals surface area contributed by atoms with E-state index in [4.69, 9.17) is 4.74 Å². The molecule has 0 aliphatic carbocycles. The number of para-hydroxylation sites is 1. The minimum Gasteiger partial charge on any atom is -0.497 e. The van der Waals surface area contributed by atoms with Crippen LogP contribution in [0.15, 0.2) is 58.4 Å². The van der Waals surface area contributed by atoms with E-state index in [1.807, 2.05) is 42.5 Å². The number of hydrogen-bond acceptors (Lipinski definition) is 4. The standard InChI is InChI=1S/C17H15N3O2/c1-12-19-16-9-4-3-8-15(16)17(21)20(12)18-11-13-6-5-7-14(10-13)22-2/h3-11H,1-2H3. The van der Waals surface area contributed by atoms with Crippen LogP contribution < -0.4 is 10.3 Å². The summed E-state index contributed by atoms with van der Waals surface area (Å²) in [4.78, 5) is 16.9. The third-order valence-corrected chi connectivity index (χ3v) is 3.33. The molecular formula is C17H15N3O2. The largest absolute Gasteiger partial charge is 0.497 e. The third kappa shape index (κ3) is 2.61. The van der Waals surface area contributed by atoms with E-state index in [1.54, 1.807) is 26.3 Å². The fraction of sp³-hybridized carbons (Fsp3) is 0.118. The molecule has 0 atom stereocenters. The average Bonchev–Trinajstić information content (AvgIpc) is 2.55. The zero-order valence-electron chi connectivity index (χ0n) is 12.4. The van der Waals surface area contributed by atoms with Crippen molar-refractivity contribution in [3.63, 3.8) is 0 Å². The van der Waals surface area contributed by atoms with Crippen molar-refractivity contribution >= 4 is 17.1 Å². The number of aromatic nitrogens is 2. The molecule has 1 aromatic heterocycles. The van der Waals surface area contributed by atoms with Crippen LogP contribution in [0.2, 0.25) is 0 Å². The Morgan fingerprint density at radius 1 is 1.18 bits per heavy atom. The lowest BCUT2D eigenvalue weighted by atomic mass is 10.2. The van der Waals surface area contributed by atoms with Crippen LogP contribution in [0.1, 0.15) is 11.4 Å². The minimum atomic E-state index is -0.178. The quantitative estimate of drug-likeness (QED) is 0.697. The van der Waals surface area contributed by atoms with Gasteiger partial charge in [0.05, 0.1) is 24.2 Å². The summed E-state index contributed by atoms with van der Waals surface area (Å²) < 4.78 is 6.48. The van der Waals surface area contributed by atoms with Gasteiger partial charge in [-0.3, -0.25) is 4.79 Å². The van der Waals surface area contributed by atoms with Gasteiger partial charge < -0.3 is 4.74 Å². The van der Waals surface area contributed by atoms with Crippen molar-refractivity contribution in [1.29, 1.82) is 0 Å². The van der Waals surface area contributed by atoms with E-state index >= 15 is 0 Å². The van der Waals surface area contributed by atoms with Crippen molar-refractivity contribution in [3.8, 4) is 5.75 Å². The first-order valence-corrected chi connectivity index (χ1v) is 6.86. The van der Waals surface area contributed by atoms with Gasteiger partial charge in [-0.2, -0.15) is 9.78 Å². The highest BCUT2D eigenvalue weighted by Crippen LogP contribution is 2.11. The Balaban J connectivity index is 2.06. The molecule has 0 unspecified atom stereocenters. The highest BCUT2D eigenvalue weighted by Gasteiger charge is 2.06. The van der Waals surface area contributed by atoms with Crippen molar-refractivity contribution < 1.29 is 4.74 Å². The molecule has 110 valence electrons. The molecule has 2 aromatic carbocycles. The van der Waals surface area contributed by atoms with Gasteiger partial charge in [-0.25, -0.2) is 4.98 Å². The maximum Gasteiger partial charge on any atom is 0.282 e. The molecule has 1 heterocycles. The number of rotatable bonds is 3. The second-order valence-corrected chi connectivity index (χ2v) is 4.81. The summed E-state index contributed by atoms with van der Waals surface area (Å²) in [7, 11) is 1.61. The number of methoxy groups -OCH3 is 1. The molecule has 0 aliphatic heterocycles. The highest BCUT2D eigenvalue weighted by molar-refractivity contribution is 5.81. The van der Waals surface area contributed by atoms with Crippen LogP contribution in [0.4, 0.5) is 0 Å². The monoisotopic (exact) mass is 293 g/mol. The topological polar surface area (TPSA) is 56.5 Å². The van der Waals surface area contributed by atoms with Crippen LogP contribution in [0.5, 0.6) is 5.75 Å². The first-order valence-electron chi connectivity index (χ1n) is 6.86. The fourth-order valence-corrected chi connectivity index (χ4v) is 2.22. The number of nitrogens with zero attached hydrogens (tertiary/aromatic N) is 3. The maximum atomic E-state index is 12.5. The molecule has 0 amide bonds. The fourth-order valence-electron chi connectivity index (χ4n) is 2.22. The Labute approximate surface area is 127 Å². The van der Waals surface area contributed by atoms with Crippen LogP contribution in [-0.4, -0.2) is 23.0 Å². The predicted octanol–water partition coefficient (Wildman–Crippen LogP) is 2.60. The van der Waals surface area contributed by atoms with Crippen LogP contribution >= 0.6 is 0 Å². The van der Waals surface area contributed by atoms with Gasteiger partial charge in [0.2, 0.25) is 0 Å². The molecule has 22 heavy (non-hydrogen) atoms. The van der Waals surface area contributed by atoms with E-state index in [0.29, 0.717) is 16.7 Å². The zero-order valence-corrected chi connectivity index (χ0v) is 12.4. The van der Waals surface area contributed by atoms with Gasteiger partial charge in [-0.1, -0.05) is 24.3 Å². The van der Waals surface area contributed by atoms with Gasteiger partial charge >= 0.3 is 0 Å². The summed E-state index contributed by atoms with van der Waals surface area (Å²) in [5.74, 6) is 1.28. The Kier molecular flexibility index (Phi) is 3.70. The van der Waals surface area contributed by atoms with E-state index in [2.05, 4.69) is 10.1 Å². The van der Waals surface area contributed by atoms with Gasteiger partial charge in [0.15, 0.2) is 0 Å². The lowest BCUT2D eigenvalue weighted by Crippen LogP contribution is -2.20. The Bertz CT molecular complexity index is 913. The maximum absolute atomic E-state index is 12.5. The number of fused-ring (bicyclic) bond motifs is 1. The van der Waals surface area contributed by atoms with Crippen molar-refractivity contribution in [2.75, 3.05) is 7.11 Å². The molecule has 0 saturated heterocycles. The molecule has 0 bridgehead atoms. The number of ether oxygens (including phenoxy) is 1. The molecule has 5 heteroatoms. The zero-order chi connectivity index (χ0) is 15.5. The molecular weight excluding hydrogens is 278 g/mol. The van der Waals surface area contributed by atoms with Crippen molar-refractivity contribution in [2.24, 2.45) is 5.10 Å². The van der Waals surface area contributed by atoms with Crippen molar-refractivity contribution in [3.05, 3.63) is 70.3 Å². The second kappa shape index (κ2) is 5.81. The summed E-state index contributed by atoms with van der Waals surface area (Å²) in [5.41, 5.74) is 1.35. The number of benzene rings is 2. The van der Waals surface area contributed by atoms with Gasteiger partial charge in [0.1, 0.15) is 11.6 Å². The smallest absolute Gasteiger partial charge is 0.282 e. The molecule has 3 rings (SSSR count). The number of aryl methyl sites for hydroxylation is 1. The van der Waals surface area contributed by atoms with Crippen molar-refractivity contribution in [1.82, 2.24) is 9.66 Å². The second-order valence-electron chi connectivity index (χ2n) is 4.81. The molecule has 0 fully saturated rings. The van der Waals surface area contributed by atoms with Gasteiger partial charge in [-0.15, -0.1) is 0 Å². The van der Waals surface area contributed by atoms with Gasteiger partial charge in [0, 0.05) is 0 Å². The van der Waals surface area contributed by atoms with E-state index in [0.717, 1.165) is 11.3 Å². The van der Waals surface area contributed by atoms with E-state index < -0.39 is 0 Å². The Morgan fingerprint density at radius 3 is 2.82 bits per heavy atom. The van der Waals surface area contributed by atoms with E-state index in [1.165, 1.54) is 4.68 Å². The first kappa shape index (κ1) is 14.0. The molecule has 0 aliphatic rings. The Morgan fingerprint density at radius 2 is 2.00 bits per heavy atom. The average molecular weight is 293 g/mol. The summed E-state index contributed by atoms with van der Waals surface area (Å²) >= 11 is 0. The van der Waals surface area contributed by atoms with Crippen molar-refractivity contribution in [2.45, 2.75) is 6.92 Å². The number of hydrogen-bond donors (Lipinski definition) is 0. The molecule has 0 radical (unpaired) electrons. The van der Waals surface area contributed by atoms with E-state index in [9.17, 15) is 4.79 Å². The normalized spacial score (nSPS) is 11.2. The summed E-state index contributed by atoms with van der Waals surface area (Å²) in [6.45, 7) is 1.76. The molecule has 0 N–H and O–H groups in total. The molecule has 0 saturated carbocycles. The van der Waals surface area contributed by atoms with Crippen LogP contribution in [0.25, 0.3) is 10.9 Å². The summed E-state index contributed by atoms with van der Waals surface area (Å²) in [6.07, 6.45) is 1.62. The Hall–Kier alpha value is -2.95. The summed E-state index contributed by atoms with van der Waals surface area (Å²) in [5, 5.41) is 4.81. The molecule has 0 spiro atoms. The molecule has 3 aromatic rings. The third-order valence-electron chi connectivity index (χ3n) is 3.33. The van der Waals surface area contributed by atoms with Crippen LogP contribution in [-0.2, 0) is 0 Å². The summed E-state index contributed by atoms with van der Waals surface area (Å²) in [6, 6.07) is 14.7. The molecule has 5 nitrogen and oxygen atoms in total. The van der Waals surface area contributed by atoms with Crippen LogP contribution in [0, 0.1) is 6.92 Å². The lowest BCUT2D eigenvalue weighted by molar-refractivity contribution is 0.414.